The van der Waals surface area contributed by atoms with Crippen molar-refractivity contribution in [2.24, 2.45) is 5.41 Å². The molecule has 110 valence electrons. The van der Waals surface area contributed by atoms with Crippen LogP contribution in [0, 0.1) is 5.41 Å². The van der Waals surface area contributed by atoms with Gasteiger partial charge in [0.2, 0.25) is 5.91 Å². The second kappa shape index (κ2) is 5.85. The zero-order valence-corrected chi connectivity index (χ0v) is 13.8. The molecular formula is C14H18BrNO3S. The van der Waals surface area contributed by atoms with Crippen LogP contribution in [-0.4, -0.2) is 25.4 Å². The van der Waals surface area contributed by atoms with Gasteiger partial charge in [-0.25, -0.2) is 8.42 Å². The molecule has 0 unspecified atom stereocenters. The monoisotopic (exact) mass is 359 g/mol. The van der Waals surface area contributed by atoms with Crippen LogP contribution in [-0.2, 0) is 14.6 Å². The van der Waals surface area contributed by atoms with E-state index in [0.717, 1.165) is 24.6 Å². The van der Waals surface area contributed by atoms with Crippen molar-refractivity contribution in [2.75, 3.05) is 16.4 Å². The molecule has 1 aromatic carbocycles. The maximum absolute atomic E-state index is 12.4. The summed E-state index contributed by atoms with van der Waals surface area (Å²) in [6.07, 6.45) is 3.02. The first-order valence-corrected chi connectivity index (χ1v) is 9.31. The van der Waals surface area contributed by atoms with E-state index in [4.69, 9.17) is 0 Å². The van der Waals surface area contributed by atoms with Gasteiger partial charge < -0.3 is 5.32 Å². The number of sulfone groups is 1. The van der Waals surface area contributed by atoms with Crippen molar-refractivity contribution in [3.05, 3.63) is 24.3 Å². The van der Waals surface area contributed by atoms with Crippen molar-refractivity contribution in [1.29, 1.82) is 0 Å². The summed E-state index contributed by atoms with van der Waals surface area (Å²) in [6, 6.07) is 6.36. The molecule has 4 nitrogen and oxygen atoms in total. The predicted molar refractivity (Wildman–Crippen MR) is 82.9 cm³/mol. The van der Waals surface area contributed by atoms with Crippen LogP contribution in [0.15, 0.2) is 29.2 Å². The molecule has 1 N–H and O–H groups in total. The lowest BCUT2D eigenvalue weighted by molar-refractivity contribution is -0.114. The Labute approximate surface area is 128 Å². The van der Waals surface area contributed by atoms with Gasteiger partial charge in [0.25, 0.3) is 0 Å². The molecule has 0 bridgehead atoms. The highest BCUT2D eigenvalue weighted by atomic mass is 79.9. The first-order valence-electron chi connectivity index (χ1n) is 6.53. The number of anilines is 1. The minimum atomic E-state index is -3.28. The van der Waals surface area contributed by atoms with Gasteiger partial charge in [-0.2, -0.15) is 0 Å². The molecule has 0 spiro atoms. The van der Waals surface area contributed by atoms with Gasteiger partial charge in [0, 0.05) is 17.9 Å². The van der Waals surface area contributed by atoms with Crippen LogP contribution in [0.25, 0.3) is 0 Å². The van der Waals surface area contributed by atoms with Gasteiger partial charge in [-0.05, 0) is 42.5 Å². The minimum Gasteiger partial charge on any atom is -0.326 e. The van der Waals surface area contributed by atoms with Crippen LogP contribution in [0.3, 0.4) is 0 Å². The summed E-state index contributed by atoms with van der Waals surface area (Å²) in [5.74, 6) is 0.0124. The Morgan fingerprint density at radius 3 is 2.30 bits per heavy atom. The summed E-state index contributed by atoms with van der Waals surface area (Å²) < 4.78 is 24.8. The van der Waals surface area contributed by atoms with Crippen LogP contribution in [0.2, 0.25) is 0 Å². The Balaban J connectivity index is 2.15. The molecule has 0 atom stereocenters. The van der Waals surface area contributed by atoms with Crippen molar-refractivity contribution in [3.8, 4) is 0 Å². The van der Waals surface area contributed by atoms with E-state index in [2.05, 4.69) is 21.2 Å². The lowest BCUT2D eigenvalue weighted by Crippen LogP contribution is -2.38. The average molecular weight is 360 g/mol. The Kier molecular flexibility index (Phi) is 4.54. The highest BCUT2D eigenvalue weighted by Crippen LogP contribution is 2.44. The normalized spacial score (nSPS) is 17.3. The molecular weight excluding hydrogens is 342 g/mol. The number of hydrogen-bond acceptors (Lipinski definition) is 3. The first kappa shape index (κ1) is 15.5. The van der Waals surface area contributed by atoms with Gasteiger partial charge in [0.05, 0.1) is 10.6 Å². The van der Waals surface area contributed by atoms with Crippen LogP contribution in [0.5, 0.6) is 0 Å². The van der Waals surface area contributed by atoms with Gasteiger partial charge in [-0.3, -0.25) is 4.79 Å². The molecule has 1 amide bonds. The first-order chi connectivity index (χ1) is 9.37. The maximum Gasteiger partial charge on any atom is 0.221 e. The van der Waals surface area contributed by atoms with E-state index in [9.17, 15) is 13.2 Å². The van der Waals surface area contributed by atoms with Gasteiger partial charge >= 0.3 is 0 Å². The Morgan fingerprint density at radius 2 is 1.90 bits per heavy atom. The van der Waals surface area contributed by atoms with E-state index in [1.165, 1.54) is 6.92 Å². The smallest absolute Gasteiger partial charge is 0.221 e. The molecule has 1 saturated carbocycles. The van der Waals surface area contributed by atoms with Crippen molar-refractivity contribution in [2.45, 2.75) is 31.1 Å². The lowest BCUT2D eigenvalue weighted by atomic mass is 9.72. The minimum absolute atomic E-state index is 0.102. The van der Waals surface area contributed by atoms with Crippen molar-refractivity contribution < 1.29 is 13.2 Å². The molecule has 20 heavy (non-hydrogen) atoms. The number of halogens is 1. The number of benzene rings is 1. The molecule has 0 radical (unpaired) electrons. The molecule has 0 saturated heterocycles. The van der Waals surface area contributed by atoms with Crippen LogP contribution < -0.4 is 5.32 Å². The number of carbonyl (C=O) groups excluding carboxylic acids is 1. The SMILES string of the molecule is CC(=O)Nc1ccc(S(=O)(=O)CC2(CBr)CCC2)cc1. The number of hydrogen-bond donors (Lipinski definition) is 1. The van der Waals surface area contributed by atoms with Crippen LogP contribution in [0.1, 0.15) is 26.2 Å². The fourth-order valence-electron chi connectivity index (χ4n) is 2.43. The molecule has 1 aliphatic carbocycles. The van der Waals surface area contributed by atoms with E-state index in [0.29, 0.717) is 10.6 Å². The summed E-state index contributed by atoms with van der Waals surface area (Å²) in [5, 5.41) is 3.35. The van der Waals surface area contributed by atoms with Gasteiger partial charge in [0.1, 0.15) is 0 Å². The number of amides is 1. The topological polar surface area (TPSA) is 63.2 Å². The quantitative estimate of drug-likeness (QED) is 0.821. The molecule has 0 aromatic heterocycles. The summed E-state index contributed by atoms with van der Waals surface area (Å²) >= 11 is 3.44. The van der Waals surface area contributed by atoms with E-state index in [1.54, 1.807) is 24.3 Å². The summed E-state index contributed by atoms with van der Waals surface area (Å²) in [5.41, 5.74) is 0.505. The second-order valence-corrected chi connectivity index (χ2v) is 8.00. The Hall–Kier alpha value is -0.880. The molecule has 1 aromatic rings. The number of alkyl halides is 1. The summed E-state index contributed by atoms with van der Waals surface area (Å²) in [7, 11) is -3.28. The van der Waals surface area contributed by atoms with E-state index in [-0.39, 0.29) is 17.1 Å². The highest BCUT2D eigenvalue weighted by Gasteiger charge is 2.40. The standard InChI is InChI=1S/C14H18BrNO3S/c1-11(17)16-12-3-5-13(6-4-12)20(18,19)10-14(9-15)7-2-8-14/h3-6H,2,7-10H2,1H3,(H,16,17). The van der Waals surface area contributed by atoms with E-state index < -0.39 is 9.84 Å². The number of rotatable bonds is 5. The summed E-state index contributed by atoms with van der Waals surface area (Å²) in [6.45, 7) is 1.42. The number of carbonyl (C=O) groups is 1. The average Bonchev–Trinajstić information content (AvgIpc) is 2.34. The van der Waals surface area contributed by atoms with Crippen molar-refractivity contribution >= 4 is 37.4 Å². The fraction of sp³-hybridized carbons (Fsp3) is 0.500. The van der Waals surface area contributed by atoms with Crippen LogP contribution >= 0.6 is 15.9 Å². The zero-order valence-electron chi connectivity index (χ0n) is 11.4. The molecule has 1 fully saturated rings. The van der Waals surface area contributed by atoms with Gasteiger partial charge in [-0.1, -0.05) is 22.4 Å². The van der Waals surface area contributed by atoms with E-state index >= 15 is 0 Å². The second-order valence-electron chi connectivity index (χ2n) is 5.45. The fourth-order valence-corrected chi connectivity index (χ4v) is 5.36. The largest absolute Gasteiger partial charge is 0.326 e. The molecule has 0 aliphatic heterocycles. The highest BCUT2D eigenvalue weighted by molar-refractivity contribution is 9.09. The molecule has 2 rings (SSSR count). The maximum atomic E-state index is 12.4. The third-order valence-corrected chi connectivity index (χ3v) is 6.90. The van der Waals surface area contributed by atoms with Crippen molar-refractivity contribution in [3.63, 3.8) is 0 Å². The van der Waals surface area contributed by atoms with E-state index in [1.807, 2.05) is 0 Å². The Morgan fingerprint density at radius 1 is 1.30 bits per heavy atom. The van der Waals surface area contributed by atoms with Crippen LogP contribution in [0.4, 0.5) is 5.69 Å². The molecule has 6 heteroatoms. The van der Waals surface area contributed by atoms with Gasteiger partial charge in [-0.15, -0.1) is 0 Å². The number of nitrogens with one attached hydrogen (secondary N) is 1. The van der Waals surface area contributed by atoms with Crippen molar-refractivity contribution in [1.82, 2.24) is 0 Å². The summed E-state index contributed by atoms with van der Waals surface area (Å²) in [4.78, 5) is 11.3. The predicted octanol–water partition coefficient (Wildman–Crippen LogP) is 2.98. The van der Waals surface area contributed by atoms with Gasteiger partial charge in [0.15, 0.2) is 9.84 Å². The zero-order chi connectivity index (χ0) is 14.8. The Bertz CT molecular complexity index is 586. The molecule has 0 heterocycles. The lowest BCUT2D eigenvalue weighted by Gasteiger charge is -2.40. The third-order valence-electron chi connectivity index (χ3n) is 3.73. The third kappa shape index (κ3) is 3.41. The molecule has 1 aliphatic rings.